The van der Waals surface area contributed by atoms with E-state index in [0.717, 1.165) is 34.5 Å². The standard InChI is InChI=1S/C26H26N2O4/c29-25-13-8-21-16-23(11-12-24(21)28-25)32-18-26(30)27-15-14-19-6-9-22(10-7-19)31-17-20-4-2-1-3-5-20/h1-7,9-12,16H,8,13-15,17-18H2,(H,27,30)(H,28,29). The van der Waals surface area contributed by atoms with Crippen molar-refractivity contribution in [3.8, 4) is 11.5 Å². The molecule has 4 rings (SSSR count). The first kappa shape index (κ1) is 21.4. The largest absolute Gasteiger partial charge is 0.489 e. The molecule has 0 atom stereocenters. The monoisotopic (exact) mass is 430 g/mol. The topological polar surface area (TPSA) is 76.7 Å². The van der Waals surface area contributed by atoms with Crippen molar-refractivity contribution < 1.29 is 19.1 Å². The summed E-state index contributed by atoms with van der Waals surface area (Å²) in [6.07, 6.45) is 1.88. The second kappa shape index (κ2) is 10.5. The van der Waals surface area contributed by atoms with Crippen molar-refractivity contribution in [1.82, 2.24) is 5.32 Å². The molecule has 0 aromatic heterocycles. The summed E-state index contributed by atoms with van der Waals surface area (Å²) in [6, 6.07) is 23.4. The zero-order chi connectivity index (χ0) is 22.2. The van der Waals surface area contributed by atoms with E-state index in [0.29, 0.717) is 31.7 Å². The Hall–Kier alpha value is -3.80. The first-order chi connectivity index (χ1) is 15.7. The Kier molecular flexibility index (Phi) is 7.02. The summed E-state index contributed by atoms with van der Waals surface area (Å²) in [7, 11) is 0. The van der Waals surface area contributed by atoms with Crippen LogP contribution in [0.3, 0.4) is 0 Å². The van der Waals surface area contributed by atoms with Crippen molar-refractivity contribution in [3.63, 3.8) is 0 Å². The van der Waals surface area contributed by atoms with Gasteiger partial charge in [-0.15, -0.1) is 0 Å². The second-order valence-electron chi connectivity index (χ2n) is 7.67. The summed E-state index contributed by atoms with van der Waals surface area (Å²) in [5.74, 6) is 1.31. The van der Waals surface area contributed by atoms with Gasteiger partial charge in [0, 0.05) is 18.7 Å². The Morgan fingerprint density at radius 1 is 0.875 bits per heavy atom. The molecule has 32 heavy (non-hydrogen) atoms. The van der Waals surface area contributed by atoms with Crippen molar-refractivity contribution in [2.45, 2.75) is 25.9 Å². The molecule has 0 unspecified atom stereocenters. The van der Waals surface area contributed by atoms with E-state index in [1.54, 1.807) is 6.07 Å². The molecule has 3 aromatic carbocycles. The number of carbonyl (C=O) groups is 2. The molecule has 164 valence electrons. The molecule has 0 spiro atoms. The number of rotatable bonds is 9. The van der Waals surface area contributed by atoms with Crippen LogP contribution >= 0.6 is 0 Å². The smallest absolute Gasteiger partial charge is 0.257 e. The Morgan fingerprint density at radius 2 is 1.66 bits per heavy atom. The van der Waals surface area contributed by atoms with Crippen molar-refractivity contribution in [3.05, 3.63) is 89.5 Å². The molecule has 1 aliphatic heterocycles. The van der Waals surface area contributed by atoms with Gasteiger partial charge in [-0.3, -0.25) is 9.59 Å². The molecule has 6 heteroatoms. The van der Waals surface area contributed by atoms with Gasteiger partial charge >= 0.3 is 0 Å². The molecule has 2 amide bonds. The summed E-state index contributed by atoms with van der Waals surface area (Å²) in [5.41, 5.74) is 4.09. The zero-order valence-corrected chi connectivity index (χ0v) is 17.8. The second-order valence-corrected chi connectivity index (χ2v) is 7.67. The number of fused-ring (bicyclic) bond motifs is 1. The van der Waals surface area contributed by atoms with Gasteiger partial charge in [-0.2, -0.15) is 0 Å². The van der Waals surface area contributed by atoms with E-state index in [1.165, 1.54) is 0 Å². The number of ether oxygens (including phenoxy) is 2. The van der Waals surface area contributed by atoms with Crippen LogP contribution in [0.5, 0.6) is 11.5 Å². The number of carbonyl (C=O) groups excluding carboxylic acids is 2. The average molecular weight is 431 g/mol. The lowest BCUT2D eigenvalue weighted by atomic mass is 10.0. The van der Waals surface area contributed by atoms with Gasteiger partial charge in [-0.1, -0.05) is 42.5 Å². The maximum Gasteiger partial charge on any atom is 0.257 e. The van der Waals surface area contributed by atoms with E-state index in [9.17, 15) is 9.59 Å². The number of aryl methyl sites for hydroxylation is 1. The van der Waals surface area contributed by atoms with Gasteiger partial charge in [0.2, 0.25) is 5.91 Å². The van der Waals surface area contributed by atoms with Crippen LogP contribution in [0.4, 0.5) is 5.69 Å². The third-order valence-electron chi connectivity index (χ3n) is 5.25. The molecule has 2 N–H and O–H groups in total. The summed E-state index contributed by atoms with van der Waals surface area (Å²) < 4.78 is 11.4. The van der Waals surface area contributed by atoms with E-state index < -0.39 is 0 Å². The zero-order valence-electron chi connectivity index (χ0n) is 17.8. The van der Waals surface area contributed by atoms with Crippen LogP contribution in [0.1, 0.15) is 23.1 Å². The highest BCUT2D eigenvalue weighted by molar-refractivity contribution is 5.94. The van der Waals surface area contributed by atoms with Gasteiger partial charge in [0.15, 0.2) is 6.61 Å². The van der Waals surface area contributed by atoms with Crippen LogP contribution in [0.15, 0.2) is 72.8 Å². The van der Waals surface area contributed by atoms with Crippen LogP contribution in [0.2, 0.25) is 0 Å². The van der Waals surface area contributed by atoms with Crippen molar-refractivity contribution in [1.29, 1.82) is 0 Å². The Morgan fingerprint density at radius 3 is 2.47 bits per heavy atom. The summed E-state index contributed by atoms with van der Waals surface area (Å²) >= 11 is 0. The van der Waals surface area contributed by atoms with Crippen LogP contribution in [0, 0.1) is 0 Å². The lowest BCUT2D eigenvalue weighted by Crippen LogP contribution is -2.30. The fraction of sp³-hybridized carbons (Fsp3) is 0.231. The fourth-order valence-electron chi connectivity index (χ4n) is 3.49. The molecule has 1 heterocycles. The van der Waals surface area contributed by atoms with Gasteiger partial charge in [-0.25, -0.2) is 0 Å². The minimum absolute atomic E-state index is 0.0277. The van der Waals surface area contributed by atoms with E-state index >= 15 is 0 Å². The van der Waals surface area contributed by atoms with Gasteiger partial charge in [0.25, 0.3) is 5.91 Å². The van der Waals surface area contributed by atoms with Gasteiger partial charge in [0.05, 0.1) is 0 Å². The van der Waals surface area contributed by atoms with Crippen molar-refractivity contribution in [2.75, 3.05) is 18.5 Å². The van der Waals surface area contributed by atoms with E-state index in [-0.39, 0.29) is 18.4 Å². The van der Waals surface area contributed by atoms with Gasteiger partial charge in [0.1, 0.15) is 18.1 Å². The Labute approximate surface area is 187 Å². The number of nitrogens with one attached hydrogen (secondary N) is 2. The molecule has 0 radical (unpaired) electrons. The van der Waals surface area contributed by atoms with Crippen LogP contribution in [-0.4, -0.2) is 25.0 Å². The van der Waals surface area contributed by atoms with Gasteiger partial charge in [-0.05, 0) is 59.9 Å². The SMILES string of the molecule is O=C(COc1ccc2c(c1)CCC(=O)N2)NCCc1ccc(OCc2ccccc2)cc1. The molecule has 3 aromatic rings. The first-order valence-electron chi connectivity index (χ1n) is 10.7. The van der Waals surface area contributed by atoms with E-state index in [4.69, 9.17) is 9.47 Å². The maximum atomic E-state index is 12.1. The summed E-state index contributed by atoms with van der Waals surface area (Å²) in [4.78, 5) is 23.5. The van der Waals surface area contributed by atoms with E-state index in [1.807, 2.05) is 66.7 Å². The third-order valence-corrected chi connectivity index (χ3v) is 5.25. The number of benzene rings is 3. The molecular formula is C26H26N2O4. The Bertz CT molecular complexity index is 1060. The highest BCUT2D eigenvalue weighted by Crippen LogP contribution is 2.26. The summed E-state index contributed by atoms with van der Waals surface area (Å²) in [5, 5.41) is 5.71. The van der Waals surface area contributed by atoms with E-state index in [2.05, 4.69) is 10.6 Å². The van der Waals surface area contributed by atoms with Crippen LogP contribution < -0.4 is 20.1 Å². The molecule has 6 nitrogen and oxygen atoms in total. The minimum Gasteiger partial charge on any atom is -0.489 e. The first-order valence-corrected chi connectivity index (χ1v) is 10.7. The minimum atomic E-state index is -0.168. The molecule has 0 bridgehead atoms. The normalized spacial score (nSPS) is 12.4. The van der Waals surface area contributed by atoms with Crippen molar-refractivity contribution >= 4 is 17.5 Å². The van der Waals surface area contributed by atoms with Crippen LogP contribution in [0.25, 0.3) is 0 Å². The average Bonchev–Trinajstić information content (AvgIpc) is 2.83. The number of anilines is 1. The predicted molar refractivity (Wildman–Crippen MR) is 123 cm³/mol. The highest BCUT2D eigenvalue weighted by atomic mass is 16.5. The van der Waals surface area contributed by atoms with Crippen molar-refractivity contribution in [2.24, 2.45) is 0 Å². The molecule has 0 fully saturated rings. The number of amides is 2. The highest BCUT2D eigenvalue weighted by Gasteiger charge is 2.15. The molecule has 1 aliphatic rings. The van der Waals surface area contributed by atoms with Gasteiger partial charge < -0.3 is 20.1 Å². The number of hydrogen-bond acceptors (Lipinski definition) is 4. The molecule has 0 aliphatic carbocycles. The lowest BCUT2D eigenvalue weighted by molar-refractivity contribution is -0.123. The molecular weight excluding hydrogens is 404 g/mol. The fourth-order valence-corrected chi connectivity index (χ4v) is 3.49. The third kappa shape index (κ3) is 6.11. The predicted octanol–water partition coefficient (Wildman–Crippen LogP) is 3.89. The quantitative estimate of drug-likeness (QED) is 0.540. The summed E-state index contributed by atoms with van der Waals surface area (Å²) in [6.45, 7) is 1.02. The lowest BCUT2D eigenvalue weighted by Gasteiger charge is -2.17. The molecule has 0 saturated heterocycles. The Balaban J connectivity index is 1.16. The van der Waals surface area contributed by atoms with Crippen LogP contribution in [-0.2, 0) is 29.0 Å². The molecule has 0 saturated carbocycles. The maximum absolute atomic E-state index is 12.1. The number of hydrogen-bond donors (Lipinski definition) is 2.